The summed E-state index contributed by atoms with van der Waals surface area (Å²) < 4.78 is 0. The molecule has 75 valence electrons. The third-order valence-corrected chi connectivity index (χ3v) is 1.79. The van der Waals surface area contributed by atoms with Gasteiger partial charge in [-0.1, -0.05) is 20.3 Å². The standard InChI is InChI=1S/C9H16NO3/c1-8(2)3-4-9(6-11)5-10(13)7-12/h7-9,13H,3-5H2,1-2H3. The molecule has 0 heterocycles. The van der Waals surface area contributed by atoms with Gasteiger partial charge in [0.1, 0.15) is 0 Å². The molecule has 0 aromatic rings. The van der Waals surface area contributed by atoms with Gasteiger partial charge in [0.2, 0.25) is 12.7 Å². The highest BCUT2D eigenvalue weighted by Gasteiger charge is 2.12. The zero-order valence-corrected chi connectivity index (χ0v) is 8.06. The Morgan fingerprint density at radius 1 is 1.46 bits per heavy atom. The second kappa shape index (κ2) is 6.60. The Balaban J connectivity index is 3.75. The van der Waals surface area contributed by atoms with E-state index in [9.17, 15) is 9.59 Å². The minimum atomic E-state index is -0.377. The summed E-state index contributed by atoms with van der Waals surface area (Å²) in [6, 6.07) is 0. The fourth-order valence-corrected chi connectivity index (χ4v) is 0.991. The van der Waals surface area contributed by atoms with Crippen molar-refractivity contribution in [2.75, 3.05) is 6.54 Å². The minimum absolute atomic E-state index is 0.0414. The maximum atomic E-state index is 10.4. The van der Waals surface area contributed by atoms with Crippen LogP contribution < -0.4 is 0 Å². The van der Waals surface area contributed by atoms with Crippen LogP contribution in [0.3, 0.4) is 0 Å². The highest BCUT2D eigenvalue weighted by atomic mass is 16.5. The second-order valence-electron chi connectivity index (χ2n) is 3.51. The van der Waals surface area contributed by atoms with Gasteiger partial charge < -0.3 is 0 Å². The molecule has 1 radical (unpaired) electrons. The van der Waals surface area contributed by atoms with Crippen LogP contribution in [0.25, 0.3) is 0 Å². The SMILES string of the molecule is CC(C)CCC([C]=O)CN(O)C=O. The van der Waals surface area contributed by atoms with Crippen molar-refractivity contribution in [3.8, 4) is 0 Å². The van der Waals surface area contributed by atoms with Crippen LogP contribution in [0.15, 0.2) is 0 Å². The molecular formula is C9H16NO3. The molecule has 0 fully saturated rings. The van der Waals surface area contributed by atoms with Crippen molar-refractivity contribution in [2.45, 2.75) is 26.7 Å². The summed E-state index contributed by atoms with van der Waals surface area (Å²) in [6.07, 6.45) is 3.66. The molecule has 0 aliphatic rings. The number of amides is 1. The van der Waals surface area contributed by atoms with E-state index in [4.69, 9.17) is 5.21 Å². The van der Waals surface area contributed by atoms with E-state index >= 15 is 0 Å². The van der Waals surface area contributed by atoms with Crippen LogP contribution in [0.2, 0.25) is 0 Å². The number of hydrogen-bond donors (Lipinski definition) is 1. The molecule has 4 heteroatoms. The maximum absolute atomic E-state index is 10.4. The van der Waals surface area contributed by atoms with E-state index in [1.54, 1.807) is 0 Å². The highest BCUT2D eigenvalue weighted by molar-refractivity contribution is 5.56. The molecule has 0 spiro atoms. The maximum Gasteiger partial charge on any atom is 0.233 e. The van der Waals surface area contributed by atoms with E-state index in [0.717, 1.165) is 6.42 Å². The summed E-state index contributed by atoms with van der Waals surface area (Å²) in [5, 5.41) is 9.29. The normalized spacial score (nSPS) is 12.6. The third-order valence-electron chi connectivity index (χ3n) is 1.79. The molecule has 13 heavy (non-hydrogen) atoms. The van der Waals surface area contributed by atoms with Crippen LogP contribution >= 0.6 is 0 Å². The Kier molecular flexibility index (Phi) is 6.14. The largest absolute Gasteiger partial charge is 0.290 e. The summed E-state index contributed by atoms with van der Waals surface area (Å²) >= 11 is 0. The van der Waals surface area contributed by atoms with Crippen molar-refractivity contribution in [3.63, 3.8) is 0 Å². The molecule has 0 saturated carbocycles. The van der Waals surface area contributed by atoms with Crippen molar-refractivity contribution in [3.05, 3.63) is 0 Å². The lowest BCUT2D eigenvalue weighted by molar-refractivity contribution is -0.151. The number of carbonyl (C=O) groups excluding carboxylic acids is 2. The van der Waals surface area contributed by atoms with Gasteiger partial charge in [0, 0.05) is 5.92 Å². The molecule has 1 N–H and O–H groups in total. The smallest absolute Gasteiger partial charge is 0.233 e. The summed E-state index contributed by atoms with van der Waals surface area (Å²) in [4.78, 5) is 20.4. The molecule has 1 atom stereocenters. The van der Waals surface area contributed by atoms with Crippen molar-refractivity contribution in [1.29, 1.82) is 0 Å². The van der Waals surface area contributed by atoms with Crippen LogP contribution in [0, 0.1) is 11.8 Å². The third kappa shape index (κ3) is 6.28. The van der Waals surface area contributed by atoms with Gasteiger partial charge in [-0.2, -0.15) is 0 Å². The molecule has 0 rings (SSSR count). The van der Waals surface area contributed by atoms with Gasteiger partial charge in [0.25, 0.3) is 0 Å². The van der Waals surface area contributed by atoms with Crippen molar-refractivity contribution in [2.24, 2.45) is 11.8 Å². The average Bonchev–Trinajstić information content (AvgIpc) is 2.11. The van der Waals surface area contributed by atoms with E-state index in [-0.39, 0.29) is 12.5 Å². The predicted molar refractivity (Wildman–Crippen MR) is 47.8 cm³/mol. The molecule has 0 saturated heterocycles. The second-order valence-corrected chi connectivity index (χ2v) is 3.51. The van der Waals surface area contributed by atoms with Gasteiger partial charge in [0.15, 0.2) is 0 Å². The predicted octanol–water partition coefficient (Wildman–Crippen LogP) is 0.996. The summed E-state index contributed by atoms with van der Waals surface area (Å²) in [5.41, 5.74) is 0. The van der Waals surface area contributed by atoms with Crippen LogP contribution in [0.4, 0.5) is 0 Å². The number of rotatable bonds is 7. The van der Waals surface area contributed by atoms with E-state index < -0.39 is 0 Å². The number of nitrogens with zero attached hydrogens (tertiary/aromatic N) is 1. The fourth-order valence-electron chi connectivity index (χ4n) is 0.991. The summed E-state index contributed by atoms with van der Waals surface area (Å²) in [6.45, 7) is 4.15. The Morgan fingerprint density at radius 3 is 2.46 bits per heavy atom. The fraction of sp³-hybridized carbons (Fsp3) is 0.778. The lowest BCUT2D eigenvalue weighted by atomic mass is 9.99. The Labute approximate surface area is 78.5 Å². The van der Waals surface area contributed by atoms with Gasteiger partial charge in [-0.3, -0.25) is 14.8 Å². The lowest BCUT2D eigenvalue weighted by Gasteiger charge is -2.14. The van der Waals surface area contributed by atoms with Gasteiger partial charge in [-0.15, -0.1) is 0 Å². The van der Waals surface area contributed by atoms with Gasteiger partial charge in [-0.25, -0.2) is 5.06 Å². The Hall–Kier alpha value is -0.900. The topological polar surface area (TPSA) is 57.6 Å². The van der Waals surface area contributed by atoms with Crippen LogP contribution in [-0.2, 0) is 9.59 Å². The first-order valence-corrected chi connectivity index (χ1v) is 4.38. The zero-order chi connectivity index (χ0) is 10.3. The molecule has 0 aromatic carbocycles. The molecule has 0 aromatic heterocycles. The number of carbonyl (C=O) groups is 1. The van der Waals surface area contributed by atoms with Crippen LogP contribution in [-0.4, -0.2) is 29.5 Å². The Bertz CT molecular complexity index is 159. The van der Waals surface area contributed by atoms with Gasteiger partial charge in [-0.05, 0) is 12.3 Å². The first-order chi connectivity index (χ1) is 6.10. The summed E-state index contributed by atoms with van der Waals surface area (Å²) in [7, 11) is 0. The molecule has 4 nitrogen and oxygen atoms in total. The monoisotopic (exact) mass is 186 g/mol. The van der Waals surface area contributed by atoms with Crippen molar-refractivity contribution >= 4 is 12.7 Å². The number of hydroxylamine groups is 2. The van der Waals surface area contributed by atoms with E-state index in [2.05, 4.69) is 13.8 Å². The molecule has 0 aliphatic carbocycles. The van der Waals surface area contributed by atoms with E-state index in [1.807, 2.05) is 6.29 Å². The van der Waals surface area contributed by atoms with Crippen LogP contribution in [0.1, 0.15) is 26.7 Å². The molecule has 1 amide bonds. The minimum Gasteiger partial charge on any atom is -0.290 e. The zero-order valence-electron chi connectivity index (χ0n) is 8.06. The van der Waals surface area contributed by atoms with Crippen molar-refractivity contribution < 1.29 is 14.8 Å². The first-order valence-electron chi connectivity index (χ1n) is 4.38. The number of hydrogen-bond acceptors (Lipinski definition) is 3. The van der Waals surface area contributed by atoms with Gasteiger partial charge in [0.05, 0.1) is 6.54 Å². The Morgan fingerprint density at radius 2 is 2.08 bits per heavy atom. The van der Waals surface area contributed by atoms with Crippen molar-refractivity contribution in [1.82, 2.24) is 5.06 Å². The molecular weight excluding hydrogens is 170 g/mol. The molecule has 0 aliphatic heterocycles. The first kappa shape index (κ1) is 12.1. The van der Waals surface area contributed by atoms with E-state index in [0.29, 0.717) is 23.8 Å². The molecule has 1 unspecified atom stereocenters. The summed E-state index contributed by atoms with van der Waals surface area (Å²) in [5.74, 6) is 0.136. The van der Waals surface area contributed by atoms with E-state index in [1.165, 1.54) is 0 Å². The lowest BCUT2D eigenvalue weighted by Crippen LogP contribution is -2.26. The quantitative estimate of drug-likeness (QED) is 0.366. The van der Waals surface area contributed by atoms with Gasteiger partial charge >= 0.3 is 0 Å². The average molecular weight is 186 g/mol. The highest BCUT2D eigenvalue weighted by Crippen LogP contribution is 2.10. The molecule has 0 bridgehead atoms. The van der Waals surface area contributed by atoms with Crippen LogP contribution in [0.5, 0.6) is 0 Å².